The van der Waals surface area contributed by atoms with Gasteiger partial charge in [0.15, 0.2) is 0 Å². The molecule has 2 N–H and O–H groups in total. The molecule has 2 rings (SSSR count). The maximum atomic E-state index is 12.4. The Balaban J connectivity index is 2.21. The number of carboxylic acid groups (broad SMARTS) is 1. The van der Waals surface area contributed by atoms with Crippen LogP contribution in [0.15, 0.2) is 9.31 Å². The highest BCUT2D eigenvalue weighted by Crippen LogP contribution is 2.28. The molecule has 1 aliphatic heterocycles. The van der Waals surface area contributed by atoms with Crippen molar-refractivity contribution in [3.63, 3.8) is 0 Å². The maximum absolute atomic E-state index is 12.4. The van der Waals surface area contributed by atoms with E-state index in [0.717, 1.165) is 25.0 Å². The van der Waals surface area contributed by atoms with E-state index in [1.165, 1.54) is 13.8 Å². The third-order valence-electron chi connectivity index (χ3n) is 3.46. The van der Waals surface area contributed by atoms with Gasteiger partial charge in [0.2, 0.25) is 10.0 Å². The number of carboxylic acids is 1. The fourth-order valence-corrected chi connectivity index (χ4v) is 5.31. The van der Waals surface area contributed by atoms with Gasteiger partial charge in [-0.1, -0.05) is 6.42 Å². The van der Waals surface area contributed by atoms with Crippen LogP contribution in [-0.4, -0.2) is 37.0 Å². The number of carbonyl (C=O) groups is 1. The molecule has 0 spiro atoms. The van der Waals surface area contributed by atoms with E-state index in [1.54, 1.807) is 11.8 Å². The number of aromatic carboxylic acids is 1. The van der Waals surface area contributed by atoms with Crippen LogP contribution in [0.4, 0.5) is 0 Å². The molecule has 1 atom stereocenters. The van der Waals surface area contributed by atoms with Crippen LogP contribution in [0.1, 0.15) is 41.1 Å². The van der Waals surface area contributed by atoms with Gasteiger partial charge in [-0.05, 0) is 32.4 Å². The second-order valence-electron chi connectivity index (χ2n) is 5.06. The SMILES string of the molecule is Cc1oc(C)c(S(=O)(=O)NCC2CCCCS2)c1C(=O)O. The molecule has 0 amide bonds. The first-order chi connectivity index (χ1) is 9.83. The van der Waals surface area contributed by atoms with Crippen molar-refractivity contribution in [1.29, 1.82) is 0 Å². The van der Waals surface area contributed by atoms with Gasteiger partial charge < -0.3 is 9.52 Å². The number of sulfonamides is 1. The number of hydrogen-bond acceptors (Lipinski definition) is 5. The zero-order chi connectivity index (χ0) is 15.6. The smallest absolute Gasteiger partial charge is 0.340 e. The van der Waals surface area contributed by atoms with E-state index in [1.807, 2.05) is 0 Å². The molecule has 0 aromatic carbocycles. The predicted octanol–water partition coefficient (Wildman–Crippen LogP) is 2.16. The molecular weight excluding hydrogens is 314 g/mol. The Morgan fingerprint density at radius 3 is 2.67 bits per heavy atom. The molecule has 2 heterocycles. The molecule has 1 fully saturated rings. The summed E-state index contributed by atoms with van der Waals surface area (Å²) in [6.07, 6.45) is 3.24. The Morgan fingerprint density at radius 2 is 2.10 bits per heavy atom. The Hall–Kier alpha value is -0.990. The molecule has 0 aliphatic carbocycles. The number of rotatable bonds is 5. The number of aryl methyl sites for hydroxylation is 2. The third-order valence-corrected chi connectivity index (χ3v) is 6.44. The van der Waals surface area contributed by atoms with Gasteiger partial charge in [-0.15, -0.1) is 0 Å². The first kappa shape index (κ1) is 16.4. The third kappa shape index (κ3) is 3.61. The molecular formula is C13H19NO5S2. The van der Waals surface area contributed by atoms with Crippen LogP contribution in [0.3, 0.4) is 0 Å². The molecule has 1 saturated heterocycles. The summed E-state index contributed by atoms with van der Waals surface area (Å²) in [5.41, 5.74) is -0.281. The van der Waals surface area contributed by atoms with Crippen molar-refractivity contribution in [1.82, 2.24) is 4.72 Å². The second-order valence-corrected chi connectivity index (χ2v) is 8.18. The van der Waals surface area contributed by atoms with E-state index < -0.39 is 16.0 Å². The monoisotopic (exact) mass is 333 g/mol. The van der Waals surface area contributed by atoms with Gasteiger partial charge in [0, 0.05) is 11.8 Å². The molecule has 118 valence electrons. The van der Waals surface area contributed by atoms with Gasteiger partial charge in [-0.3, -0.25) is 0 Å². The van der Waals surface area contributed by atoms with Crippen molar-refractivity contribution in [2.24, 2.45) is 0 Å². The van der Waals surface area contributed by atoms with Crippen molar-refractivity contribution in [2.75, 3.05) is 12.3 Å². The van der Waals surface area contributed by atoms with Crippen LogP contribution in [0.2, 0.25) is 0 Å². The van der Waals surface area contributed by atoms with Gasteiger partial charge in [0.25, 0.3) is 0 Å². The van der Waals surface area contributed by atoms with Crippen LogP contribution in [0.25, 0.3) is 0 Å². The highest BCUT2D eigenvalue weighted by atomic mass is 32.2. The van der Waals surface area contributed by atoms with Crippen molar-refractivity contribution in [3.05, 3.63) is 17.1 Å². The average Bonchev–Trinajstić information content (AvgIpc) is 2.73. The van der Waals surface area contributed by atoms with E-state index >= 15 is 0 Å². The van der Waals surface area contributed by atoms with E-state index in [0.29, 0.717) is 6.54 Å². The second kappa shape index (κ2) is 6.41. The normalized spacial score (nSPS) is 19.6. The molecule has 1 aromatic rings. The first-order valence-electron chi connectivity index (χ1n) is 6.77. The molecule has 1 aromatic heterocycles. The summed E-state index contributed by atoms with van der Waals surface area (Å²) in [7, 11) is -3.88. The Labute approximate surface area is 128 Å². The summed E-state index contributed by atoms with van der Waals surface area (Å²) in [5.74, 6) is -0.0470. The summed E-state index contributed by atoms with van der Waals surface area (Å²) in [6, 6.07) is 0. The summed E-state index contributed by atoms with van der Waals surface area (Å²) in [6.45, 7) is 3.23. The Kier molecular flexibility index (Phi) is 5.00. The number of thioether (sulfide) groups is 1. The van der Waals surface area contributed by atoms with Crippen molar-refractivity contribution in [2.45, 2.75) is 43.3 Å². The fourth-order valence-electron chi connectivity index (χ4n) is 2.48. The summed E-state index contributed by atoms with van der Waals surface area (Å²) < 4.78 is 32.5. The topological polar surface area (TPSA) is 96.6 Å². The van der Waals surface area contributed by atoms with Crippen LogP contribution < -0.4 is 4.72 Å². The lowest BCUT2D eigenvalue weighted by Gasteiger charge is -2.21. The van der Waals surface area contributed by atoms with Crippen molar-refractivity contribution in [3.8, 4) is 0 Å². The van der Waals surface area contributed by atoms with Crippen molar-refractivity contribution < 1.29 is 22.7 Å². The molecule has 0 radical (unpaired) electrons. The van der Waals surface area contributed by atoms with E-state index in [2.05, 4.69) is 4.72 Å². The van der Waals surface area contributed by atoms with E-state index in [4.69, 9.17) is 4.42 Å². The number of nitrogens with one attached hydrogen (secondary N) is 1. The number of furan rings is 1. The maximum Gasteiger partial charge on any atom is 0.340 e. The summed E-state index contributed by atoms with van der Waals surface area (Å²) in [5, 5.41) is 9.43. The van der Waals surface area contributed by atoms with Gasteiger partial charge in [-0.25, -0.2) is 17.9 Å². The standard InChI is InChI=1S/C13H19NO5S2/c1-8-11(13(15)16)12(9(2)19-8)21(17,18)14-7-10-5-3-4-6-20-10/h10,14H,3-7H2,1-2H3,(H,15,16). The molecule has 1 unspecified atom stereocenters. The molecule has 8 heteroatoms. The lowest BCUT2D eigenvalue weighted by molar-refractivity contribution is 0.0691. The first-order valence-corrected chi connectivity index (χ1v) is 9.30. The molecule has 0 bridgehead atoms. The molecule has 21 heavy (non-hydrogen) atoms. The Morgan fingerprint density at radius 1 is 1.38 bits per heavy atom. The minimum absolute atomic E-state index is 0.104. The highest BCUT2D eigenvalue weighted by molar-refractivity contribution is 8.00. The Bertz CT molecular complexity index is 629. The zero-order valence-electron chi connectivity index (χ0n) is 12.0. The molecule has 1 aliphatic rings. The van der Waals surface area contributed by atoms with Crippen molar-refractivity contribution >= 4 is 27.8 Å². The van der Waals surface area contributed by atoms with Crippen LogP contribution in [0.5, 0.6) is 0 Å². The summed E-state index contributed by atoms with van der Waals surface area (Å²) in [4.78, 5) is 11.0. The molecule has 0 saturated carbocycles. The van der Waals surface area contributed by atoms with Crippen LogP contribution >= 0.6 is 11.8 Å². The van der Waals surface area contributed by atoms with Gasteiger partial charge in [0.05, 0.1) is 0 Å². The van der Waals surface area contributed by atoms with Gasteiger partial charge >= 0.3 is 5.97 Å². The zero-order valence-corrected chi connectivity index (χ0v) is 13.6. The minimum Gasteiger partial charge on any atom is -0.478 e. The quantitative estimate of drug-likeness (QED) is 0.857. The van der Waals surface area contributed by atoms with Gasteiger partial charge in [0.1, 0.15) is 22.0 Å². The van der Waals surface area contributed by atoms with E-state index in [-0.39, 0.29) is 27.2 Å². The van der Waals surface area contributed by atoms with Crippen LogP contribution in [-0.2, 0) is 10.0 Å². The van der Waals surface area contributed by atoms with Gasteiger partial charge in [-0.2, -0.15) is 11.8 Å². The lowest BCUT2D eigenvalue weighted by atomic mass is 10.2. The summed E-state index contributed by atoms with van der Waals surface area (Å²) >= 11 is 1.75. The lowest BCUT2D eigenvalue weighted by Crippen LogP contribution is -2.32. The minimum atomic E-state index is -3.88. The predicted molar refractivity (Wildman–Crippen MR) is 80.4 cm³/mol. The van der Waals surface area contributed by atoms with E-state index in [9.17, 15) is 18.3 Å². The fraction of sp³-hybridized carbons (Fsp3) is 0.615. The largest absolute Gasteiger partial charge is 0.478 e. The molecule has 6 nitrogen and oxygen atoms in total. The number of hydrogen-bond donors (Lipinski definition) is 2. The van der Waals surface area contributed by atoms with Crippen LogP contribution in [0, 0.1) is 13.8 Å². The highest BCUT2D eigenvalue weighted by Gasteiger charge is 2.31. The average molecular weight is 333 g/mol.